The van der Waals surface area contributed by atoms with Crippen LogP contribution in [0.3, 0.4) is 0 Å². The standard InChI is InChI=1S/C17H17N13O2/c1-10(7-27-4-3-18-23-27)29-16(31)12-5-15-13(6-14(12)21-25-29)17(32)30(26-22-15)11(2)8-28-20-9-19-24-28/h3-6,9-11H,7-8H2,1-2H3/t10?,11-/m1/s1. The first-order valence-electron chi connectivity index (χ1n) is 9.74. The monoisotopic (exact) mass is 435 g/mol. The van der Waals surface area contributed by atoms with Gasteiger partial charge in [0.05, 0.1) is 42.1 Å². The fourth-order valence-corrected chi connectivity index (χ4v) is 3.45. The van der Waals surface area contributed by atoms with Crippen LogP contribution in [0.2, 0.25) is 0 Å². The van der Waals surface area contributed by atoms with Crippen molar-refractivity contribution < 1.29 is 0 Å². The SMILES string of the molecule is CC(Cn1ccnn1)n1nnc2cc3c(=O)n([C@H](C)Cn4ncnn4)nnc3cc2c1=O. The topological polar surface area (TPSA) is 170 Å². The summed E-state index contributed by atoms with van der Waals surface area (Å²) >= 11 is 0. The van der Waals surface area contributed by atoms with Gasteiger partial charge in [-0.25, -0.2) is 9.36 Å². The van der Waals surface area contributed by atoms with Gasteiger partial charge in [0.25, 0.3) is 11.1 Å². The van der Waals surface area contributed by atoms with E-state index in [1.54, 1.807) is 24.0 Å². The molecule has 15 heteroatoms. The number of rotatable bonds is 6. The van der Waals surface area contributed by atoms with E-state index in [1.807, 2.05) is 6.92 Å². The van der Waals surface area contributed by atoms with Gasteiger partial charge in [-0.05, 0) is 31.2 Å². The van der Waals surface area contributed by atoms with Crippen LogP contribution < -0.4 is 11.1 Å². The number of fused-ring (bicyclic) bond motifs is 2. The molecule has 32 heavy (non-hydrogen) atoms. The molecule has 0 N–H and O–H groups in total. The highest BCUT2D eigenvalue weighted by Gasteiger charge is 2.17. The molecule has 0 bridgehead atoms. The van der Waals surface area contributed by atoms with Crippen molar-refractivity contribution in [2.75, 3.05) is 0 Å². The van der Waals surface area contributed by atoms with Crippen LogP contribution in [0.15, 0.2) is 40.4 Å². The Labute approximate surface area is 178 Å². The summed E-state index contributed by atoms with van der Waals surface area (Å²) < 4.78 is 4.12. The van der Waals surface area contributed by atoms with Crippen LogP contribution in [0, 0.1) is 0 Å². The molecule has 0 aliphatic carbocycles. The quantitative estimate of drug-likeness (QED) is 0.300. The van der Waals surface area contributed by atoms with Crippen LogP contribution in [0.25, 0.3) is 21.8 Å². The Morgan fingerprint density at radius 3 is 1.97 bits per heavy atom. The first-order chi connectivity index (χ1) is 15.5. The summed E-state index contributed by atoms with van der Waals surface area (Å²) in [5, 5.41) is 36.0. The van der Waals surface area contributed by atoms with Crippen molar-refractivity contribution in [2.45, 2.75) is 39.0 Å². The first kappa shape index (κ1) is 19.5. The molecule has 0 aliphatic heterocycles. The van der Waals surface area contributed by atoms with Gasteiger partial charge in [-0.1, -0.05) is 15.6 Å². The van der Waals surface area contributed by atoms with Crippen LogP contribution in [0.1, 0.15) is 25.9 Å². The van der Waals surface area contributed by atoms with Gasteiger partial charge in [0, 0.05) is 6.20 Å². The van der Waals surface area contributed by atoms with E-state index in [4.69, 9.17) is 0 Å². The lowest BCUT2D eigenvalue weighted by atomic mass is 10.1. The van der Waals surface area contributed by atoms with E-state index in [-0.39, 0.29) is 28.6 Å². The average molecular weight is 435 g/mol. The molecule has 4 heterocycles. The third kappa shape index (κ3) is 3.38. The summed E-state index contributed by atoms with van der Waals surface area (Å²) in [6, 6.07) is 2.34. The average Bonchev–Trinajstić information content (AvgIpc) is 3.48. The van der Waals surface area contributed by atoms with Gasteiger partial charge in [-0.15, -0.1) is 25.5 Å². The van der Waals surface area contributed by atoms with Crippen LogP contribution in [-0.2, 0) is 13.1 Å². The molecule has 0 saturated carbocycles. The maximum Gasteiger partial charge on any atom is 0.277 e. The van der Waals surface area contributed by atoms with Crippen molar-refractivity contribution in [2.24, 2.45) is 0 Å². The Balaban J connectivity index is 1.54. The van der Waals surface area contributed by atoms with Crippen LogP contribution in [-0.4, -0.2) is 65.2 Å². The first-order valence-corrected chi connectivity index (χ1v) is 9.74. The largest absolute Gasteiger partial charge is 0.277 e. The van der Waals surface area contributed by atoms with E-state index >= 15 is 0 Å². The minimum absolute atomic E-state index is 0.285. The van der Waals surface area contributed by atoms with Crippen LogP contribution >= 0.6 is 0 Å². The van der Waals surface area contributed by atoms with E-state index in [1.165, 1.54) is 32.6 Å². The maximum atomic E-state index is 13.0. The lowest BCUT2D eigenvalue weighted by Gasteiger charge is -2.14. The molecule has 0 spiro atoms. The van der Waals surface area contributed by atoms with Crippen LogP contribution in [0.5, 0.6) is 0 Å². The van der Waals surface area contributed by atoms with Gasteiger partial charge in [-0.3, -0.25) is 14.3 Å². The summed E-state index contributed by atoms with van der Waals surface area (Å²) in [5.74, 6) is 0. The Hall–Kier alpha value is -4.43. The van der Waals surface area contributed by atoms with Gasteiger partial charge in [0.15, 0.2) is 6.33 Å². The highest BCUT2D eigenvalue weighted by Crippen LogP contribution is 2.15. The molecule has 1 unspecified atom stereocenters. The third-order valence-corrected chi connectivity index (χ3v) is 5.07. The van der Waals surface area contributed by atoms with E-state index in [2.05, 4.69) is 46.3 Å². The summed E-state index contributed by atoms with van der Waals surface area (Å²) in [7, 11) is 0. The summed E-state index contributed by atoms with van der Waals surface area (Å²) in [6.07, 6.45) is 4.57. The van der Waals surface area contributed by atoms with E-state index in [0.29, 0.717) is 29.5 Å². The Bertz CT molecular complexity index is 1390. The molecule has 15 nitrogen and oxygen atoms in total. The van der Waals surface area contributed by atoms with Gasteiger partial charge in [-0.2, -0.15) is 4.80 Å². The Morgan fingerprint density at radius 1 is 0.812 bits per heavy atom. The number of benzene rings is 1. The second-order valence-corrected chi connectivity index (χ2v) is 7.38. The number of tetrazole rings is 1. The van der Waals surface area contributed by atoms with Gasteiger partial charge in [0.2, 0.25) is 0 Å². The maximum absolute atomic E-state index is 13.0. The molecular weight excluding hydrogens is 418 g/mol. The van der Waals surface area contributed by atoms with Crippen molar-refractivity contribution in [1.29, 1.82) is 0 Å². The van der Waals surface area contributed by atoms with Crippen molar-refractivity contribution in [3.63, 3.8) is 0 Å². The molecule has 4 aromatic heterocycles. The second kappa shape index (κ2) is 7.68. The molecule has 162 valence electrons. The molecule has 1 aromatic carbocycles. The zero-order chi connectivity index (χ0) is 22.2. The van der Waals surface area contributed by atoms with Crippen molar-refractivity contribution >= 4 is 21.8 Å². The minimum Gasteiger partial charge on any atom is -0.267 e. The second-order valence-electron chi connectivity index (χ2n) is 7.38. The van der Waals surface area contributed by atoms with Crippen molar-refractivity contribution in [3.8, 4) is 0 Å². The number of hydrogen-bond acceptors (Lipinski definition) is 11. The zero-order valence-electron chi connectivity index (χ0n) is 17.1. The van der Waals surface area contributed by atoms with Gasteiger partial charge < -0.3 is 0 Å². The number of aromatic nitrogens is 13. The fraction of sp³-hybridized carbons (Fsp3) is 0.353. The van der Waals surface area contributed by atoms with Crippen LogP contribution in [0.4, 0.5) is 0 Å². The molecule has 0 aliphatic rings. The molecule has 5 rings (SSSR count). The Kier molecular flexibility index (Phi) is 4.68. The molecule has 5 aromatic rings. The third-order valence-electron chi connectivity index (χ3n) is 5.07. The summed E-state index contributed by atoms with van der Waals surface area (Å²) in [4.78, 5) is 27.4. The van der Waals surface area contributed by atoms with E-state index in [9.17, 15) is 9.59 Å². The van der Waals surface area contributed by atoms with Gasteiger partial charge >= 0.3 is 0 Å². The highest BCUT2D eigenvalue weighted by atomic mass is 16.1. The lowest BCUT2D eigenvalue weighted by molar-refractivity contribution is 0.354. The smallest absolute Gasteiger partial charge is 0.267 e. The van der Waals surface area contributed by atoms with Crippen molar-refractivity contribution in [1.82, 2.24) is 65.2 Å². The Morgan fingerprint density at radius 2 is 1.44 bits per heavy atom. The number of hydrogen-bond donors (Lipinski definition) is 0. The molecule has 0 fully saturated rings. The van der Waals surface area contributed by atoms with E-state index in [0.717, 1.165) is 0 Å². The summed E-state index contributed by atoms with van der Waals surface area (Å²) in [5.41, 5.74) is -0.115. The molecule has 0 saturated heterocycles. The molecule has 0 radical (unpaired) electrons. The lowest BCUT2D eigenvalue weighted by Crippen LogP contribution is -2.31. The highest BCUT2D eigenvalue weighted by molar-refractivity contribution is 5.93. The van der Waals surface area contributed by atoms with Gasteiger partial charge in [0.1, 0.15) is 11.0 Å². The van der Waals surface area contributed by atoms with E-state index < -0.39 is 0 Å². The summed E-state index contributed by atoms with van der Waals surface area (Å²) in [6.45, 7) is 4.31. The zero-order valence-corrected chi connectivity index (χ0v) is 17.1. The molecular formula is C17H17N13O2. The number of nitrogens with zero attached hydrogens (tertiary/aromatic N) is 13. The fourth-order valence-electron chi connectivity index (χ4n) is 3.45. The predicted molar refractivity (Wildman–Crippen MR) is 108 cm³/mol. The van der Waals surface area contributed by atoms with Crippen molar-refractivity contribution in [3.05, 3.63) is 51.6 Å². The molecule has 0 amide bonds. The normalized spacial score (nSPS) is 13.6. The molecule has 2 atom stereocenters. The minimum atomic E-state index is -0.374. The predicted octanol–water partition coefficient (Wildman–Crippen LogP) is -1.00.